The lowest BCUT2D eigenvalue weighted by atomic mass is 9.93. The highest BCUT2D eigenvalue weighted by Gasteiger charge is 2.33. The average Bonchev–Trinajstić information content (AvgIpc) is 3.06. The first-order valence-electron chi connectivity index (χ1n) is 10.5. The lowest BCUT2D eigenvalue weighted by Crippen LogP contribution is -2.40. The van der Waals surface area contributed by atoms with Crippen molar-refractivity contribution in [3.8, 4) is 0 Å². The first-order valence-corrected chi connectivity index (χ1v) is 11.3. The van der Waals surface area contributed by atoms with Gasteiger partial charge in [-0.15, -0.1) is 0 Å². The highest BCUT2D eigenvalue weighted by Crippen LogP contribution is 2.34. The molecule has 6 nitrogen and oxygen atoms in total. The van der Waals surface area contributed by atoms with E-state index in [-0.39, 0.29) is 23.5 Å². The van der Waals surface area contributed by atoms with Crippen molar-refractivity contribution < 1.29 is 9.53 Å². The van der Waals surface area contributed by atoms with Crippen molar-refractivity contribution in [2.24, 2.45) is 13.0 Å². The first-order chi connectivity index (χ1) is 15.0. The second-order valence-corrected chi connectivity index (χ2v) is 8.71. The number of benzene rings is 2. The molecule has 2 aromatic carbocycles. The quantitative estimate of drug-likeness (QED) is 0.537. The minimum Gasteiger partial charge on any atom is -0.461 e. The van der Waals surface area contributed by atoms with E-state index in [1.165, 1.54) is 0 Å². The zero-order chi connectivity index (χ0) is 21.8. The molecule has 1 saturated heterocycles. The van der Waals surface area contributed by atoms with E-state index in [1.807, 2.05) is 55.6 Å². The van der Waals surface area contributed by atoms with Gasteiger partial charge in [0.25, 0.3) is 5.56 Å². The molecule has 1 unspecified atom stereocenters. The Balaban J connectivity index is 1.47. The monoisotopic (exact) mass is 483 g/mol. The van der Waals surface area contributed by atoms with E-state index in [9.17, 15) is 9.59 Å². The van der Waals surface area contributed by atoms with E-state index in [1.54, 1.807) is 4.68 Å². The second kappa shape index (κ2) is 9.66. The standard InChI is InChI=1S/C24H26BrN3O3/c1-27-22(20(25)23(29)26-27)21(18-10-6-3-7-11-18)28-14-12-19(13-15-28)24(30)31-16-17-8-4-2-5-9-17/h2-11,19,21H,12-16H2,1H3,(H,26,29). The van der Waals surface area contributed by atoms with E-state index < -0.39 is 0 Å². The SMILES string of the molecule is Cn1[nH]c(=O)c(Br)c1C(c1ccccc1)N1CCC(C(=O)OCc2ccccc2)CC1. The smallest absolute Gasteiger partial charge is 0.309 e. The van der Waals surface area contributed by atoms with Gasteiger partial charge in [0, 0.05) is 7.05 Å². The molecule has 0 aliphatic carbocycles. The summed E-state index contributed by atoms with van der Waals surface area (Å²) in [5.74, 6) is -0.232. The number of aryl methyl sites for hydroxylation is 1. The van der Waals surface area contributed by atoms with Crippen LogP contribution in [0.5, 0.6) is 0 Å². The number of esters is 1. The number of aromatic amines is 1. The van der Waals surface area contributed by atoms with Crippen LogP contribution in [0.15, 0.2) is 69.9 Å². The van der Waals surface area contributed by atoms with Crippen LogP contribution in [0.1, 0.15) is 35.7 Å². The Labute approximate surface area is 189 Å². The predicted octanol–water partition coefficient (Wildman–Crippen LogP) is 4.02. The number of carbonyl (C=O) groups excluding carboxylic acids is 1. The molecule has 1 aromatic heterocycles. The number of nitrogens with zero attached hydrogens (tertiary/aromatic N) is 2. The third kappa shape index (κ3) is 4.83. The molecule has 4 rings (SSSR count). The van der Waals surface area contributed by atoms with E-state index in [0.29, 0.717) is 11.1 Å². The molecule has 1 N–H and O–H groups in total. The first kappa shape index (κ1) is 21.6. The Morgan fingerprint density at radius 3 is 2.29 bits per heavy atom. The third-order valence-corrected chi connectivity index (χ3v) is 6.65. The number of piperidine rings is 1. The van der Waals surface area contributed by atoms with Gasteiger partial charge in [0.1, 0.15) is 11.1 Å². The van der Waals surface area contributed by atoms with Crippen molar-refractivity contribution in [3.05, 3.63) is 92.3 Å². The topological polar surface area (TPSA) is 67.3 Å². The molecular weight excluding hydrogens is 458 g/mol. The molecule has 31 heavy (non-hydrogen) atoms. The van der Waals surface area contributed by atoms with Crippen LogP contribution in [0.25, 0.3) is 0 Å². The van der Waals surface area contributed by atoms with E-state index >= 15 is 0 Å². The Bertz CT molecular complexity index is 1070. The summed E-state index contributed by atoms with van der Waals surface area (Å²) < 4.78 is 7.89. The summed E-state index contributed by atoms with van der Waals surface area (Å²) >= 11 is 3.48. The van der Waals surface area contributed by atoms with Crippen molar-refractivity contribution >= 4 is 21.9 Å². The van der Waals surface area contributed by atoms with Crippen molar-refractivity contribution in [2.45, 2.75) is 25.5 Å². The van der Waals surface area contributed by atoms with Gasteiger partial charge in [0.15, 0.2) is 0 Å². The van der Waals surface area contributed by atoms with Crippen LogP contribution in [0.3, 0.4) is 0 Å². The highest BCUT2D eigenvalue weighted by molar-refractivity contribution is 9.10. The number of ether oxygens (including phenoxy) is 1. The number of carbonyl (C=O) groups is 1. The van der Waals surface area contributed by atoms with Gasteiger partial charge in [-0.25, -0.2) is 0 Å². The number of H-pyrrole nitrogens is 1. The van der Waals surface area contributed by atoms with Gasteiger partial charge < -0.3 is 4.74 Å². The maximum atomic E-state index is 12.6. The Morgan fingerprint density at radius 2 is 1.71 bits per heavy atom. The molecule has 2 heterocycles. The highest BCUT2D eigenvalue weighted by atomic mass is 79.9. The number of hydrogen-bond acceptors (Lipinski definition) is 4. The summed E-state index contributed by atoms with van der Waals surface area (Å²) in [5, 5.41) is 2.84. The number of halogens is 1. The van der Waals surface area contributed by atoms with Crippen LogP contribution in [0.2, 0.25) is 0 Å². The summed E-state index contributed by atoms with van der Waals surface area (Å²) in [6.45, 7) is 1.80. The van der Waals surface area contributed by atoms with Crippen molar-refractivity contribution in [1.29, 1.82) is 0 Å². The molecule has 0 radical (unpaired) electrons. The zero-order valence-corrected chi connectivity index (χ0v) is 19.0. The maximum Gasteiger partial charge on any atom is 0.309 e. The Kier molecular flexibility index (Phi) is 6.73. The summed E-state index contributed by atoms with van der Waals surface area (Å²) in [5.41, 5.74) is 2.86. The van der Waals surface area contributed by atoms with Crippen LogP contribution in [0, 0.1) is 5.92 Å². The summed E-state index contributed by atoms with van der Waals surface area (Å²) in [6.07, 6.45) is 1.46. The molecule has 162 valence electrons. The van der Waals surface area contributed by atoms with Gasteiger partial charge in [-0.1, -0.05) is 60.7 Å². The van der Waals surface area contributed by atoms with Crippen molar-refractivity contribution in [1.82, 2.24) is 14.7 Å². The van der Waals surface area contributed by atoms with Gasteiger partial charge in [0.2, 0.25) is 0 Å². The number of likely N-dealkylation sites (tertiary alicyclic amines) is 1. The minimum absolute atomic E-state index is 0.0826. The molecule has 0 saturated carbocycles. The molecule has 7 heteroatoms. The summed E-state index contributed by atoms with van der Waals surface area (Å²) in [7, 11) is 1.85. The predicted molar refractivity (Wildman–Crippen MR) is 123 cm³/mol. The molecule has 1 aliphatic rings. The Hall–Kier alpha value is -2.64. The van der Waals surface area contributed by atoms with Crippen LogP contribution in [0.4, 0.5) is 0 Å². The van der Waals surface area contributed by atoms with Gasteiger partial charge in [-0.05, 0) is 53.0 Å². The largest absolute Gasteiger partial charge is 0.461 e. The van der Waals surface area contributed by atoms with E-state index in [2.05, 4.69) is 38.1 Å². The van der Waals surface area contributed by atoms with E-state index in [0.717, 1.165) is 42.8 Å². The van der Waals surface area contributed by atoms with Crippen LogP contribution in [-0.4, -0.2) is 33.7 Å². The molecule has 0 bridgehead atoms. The minimum atomic E-state index is -0.141. The molecular formula is C24H26BrN3O3. The summed E-state index contributed by atoms with van der Waals surface area (Å²) in [4.78, 5) is 27.1. The van der Waals surface area contributed by atoms with E-state index in [4.69, 9.17) is 4.74 Å². The van der Waals surface area contributed by atoms with Gasteiger partial charge in [0.05, 0.1) is 17.7 Å². The molecule has 0 amide bonds. The Morgan fingerprint density at radius 1 is 1.10 bits per heavy atom. The lowest BCUT2D eigenvalue weighted by molar-refractivity contribution is -0.151. The maximum absolute atomic E-state index is 12.6. The molecule has 3 aromatic rings. The number of aromatic nitrogens is 2. The van der Waals surface area contributed by atoms with Crippen LogP contribution >= 0.6 is 15.9 Å². The average molecular weight is 484 g/mol. The lowest BCUT2D eigenvalue weighted by Gasteiger charge is -2.37. The van der Waals surface area contributed by atoms with Gasteiger partial charge in [-0.3, -0.25) is 24.3 Å². The van der Waals surface area contributed by atoms with Gasteiger partial charge in [-0.2, -0.15) is 0 Å². The fraction of sp³-hybridized carbons (Fsp3) is 0.333. The second-order valence-electron chi connectivity index (χ2n) is 7.92. The molecule has 1 aliphatic heterocycles. The van der Waals surface area contributed by atoms with Crippen molar-refractivity contribution in [2.75, 3.05) is 13.1 Å². The molecule has 1 fully saturated rings. The number of rotatable bonds is 6. The number of nitrogens with one attached hydrogen (secondary N) is 1. The van der Waals surface area contributed by atoms with Crippen LogP contribution < -0.4 is 5.56 Å². The molecule has 1 atom stereocenters. The number of hydrogen-bond donors (Lipinski definition) is 1. The van der Waals surface area contributed by atoms with Gasteiger partial charge >= 0.3 is 5.97 Å². The summed E-state index contributed by atoms with van der Waals surface area (Å²) in [6, 6.07) is 19.8. The third-order valence-electron chi connectivity index (χ3n) is 5.88. The van der Waals surface area contributed by atoms with Crippen LogP contribution in [-0.2, 0) is 23.2 Å². The fourth-order valence-electron chi connectivity index (χ4n) is 4.25. The molecule has 0 spiro atoms. The normalized spacial score (nSPS) is 16.2. The zero-order valence-electron chi connectivity index (χ0n) is 17.5. The van der Waals surface area contributed by atoms with Crippen molar-refractivity contribution in [3.63, 3.8) is 0 Å². The fourth-order valence-corrected chi connectivity index (χ4v) is 4.82.